The van der Waals surface area contributed by atoms with E-state index in [4.69, 9.17) is 14.2 Å². The number of fused-ring (bicyclic) bond motifs is 5. The first-order valence-corrected chi connectivity index (χ1v) is 16.9. The van der Waals surface area contributed by atoms with Crippen LogP contribution in [0.2, 0.25) is 0 Å². The molecule has 1 fully saturated rings. The number of carbonyl (C=O) groups is 1. The quantitative estimate of drug-likeness (QED) is 0.253. The van der Waals surface area contributed by atoms with Gasteiger partial charge in [-0.15, -0.1) is 0 Å². The Balaban J connectivity index is 1.64. The topological polar surface area (TPSA) is 132 Å². The van der Waals surface area contributed by atoms with Gasteiger partial charge < -0.3 is 29.1 Å². The van der Waals surface area contributed by atoms with E-state index >= 15 is 8.78 Å². The maximum atomic E-state index is 16.4. The molecule has 2 aliphatic heterocycles. The maximum absolute atomic E-state index is 16.4. The number of aromatic nitrogens is 4. The number of amides is 1. The number of aliphatic hydroxyl groups is 1. The van der Waals surface area contributed by atoms with Crippen molar-refractivity contribution in [2.24, 2.45) is 0 Å². The van der Waals surface area contributed by atoms with Gasteiger partial charge in [-0.25, -0.2) is 36.7 Å². The van der Waals surface area contributed by atoms with Gasteiger partial charge in [-0.1, -0.05) is 19.9 Å². The van der Waals surface area contributed by atoms with Crippen LogP contribution in [-0.2, 0) is 9.47 Å². The van der Waals surface area contributed by atoms with E-state index in [1.807, 2.05) is 6.92 Å². The highest BCUT2D eigenvalue weighted by atomic mass is 19.3. The predicted molar refractivity (Wildman–Crippen MR) is 183 cm³/mol. The minimum absolute atomic E-state index is 0.0343. The number of alkyl halides is 2. The Kier molecular flexibility index (Phi) is 10.2. The van der Waals surface area contributed by atoms with Gasteiger partial charge in [-0.05, 0) is 57.9 Å². The Labute approximate surface area is 297 Å². The summed E-state index contributed by atoms with van der Waals surface area (Å²) in [6.07, 6.45) is -5.15. The number of halogens is 4. The molecule has 4 aromatic rings. The number of carbonyl (C=O) groups excluding carboxylic acids is 1. The lowest BCUT2D eigenvalue weighted by Gasteiger charge is -2.41. The Bertz CT molecular complexity index is 2050. The third-order valence-corrected chi connectivity index (χ3v) is 8.79. The van der Waals surface area contributed by atoms with Crippen LogP contribution < -0.4 is 15.3 Å². The van der Waals surface area contributed by atoms with Gasteiger partial charge in [0, 0.05) is 37.4 Å². The molecule has 278 valence electrons. The summed E-state index contributed by atoms with van der Waals surface area (Å²) in [5.74, 6) is -2.37. The van der Waals surface area contributed by atoms with Crippen LogP contribution in [0.1, 0.15) is 64.8 Å². The predicted octanol–water partition coefficient (Wildman–Crippen LogP) is 5.77. The fourth-order valence-electron chi connectivity index (χ4n) is 6.55. The highest BCUT2D eigenvalue weighted by Gasteiger charge is 2.36. The molecule has 3 atom stereocenters. The first kappa shape index (κ1) is 36.9. The van der Waals surface area contributed by atoms with E-state index < -0.39 is 72.6 Å². The molecule has 0 radical (unpaired) electrons. The third kappa shape index (κ3) is 7.13. The molecule has 5 heterocycles. The molecule has 2 bridgehead atoms. The number of nitrogens with zero attached hydrogens (tertiary/aromatic N) is 6. The minimum Gasteiger partial charge on any atom is -0.490 e. The Morgan fingerprint density at radius 1 is 1.12 bits per heavy atom. The van der Waals surface area contributed by atoms with E-state index in [2.05, 4.69) is 15.0 Å². The molecular weight excluding hydrogens is 688 g/mol. The zero-order valence-electron chi connectivity index (χ0n) is 29.6. The molecule has 52 heavy (non-hydrogen) atoms. The Hall–Kier alpha value is -4.83. The summed E-state index contributed by atoms with van der Waals surface area (Å²) in [6.45, 7) is 9.59. The van der Waals surface area contributed by atoms with Crippen LogP contribution in [0.5, 0.6) is 5.75 Å². The fraction of sp³-hybridized carbons (Fsp3) is 0.472. The second-order valence-corrected chi connectivity index (χ2v) is 14.1. The summed E-state index contributed by atoms with van der Waals surface area (Å²) in [4.78, 5) is 44.2. The van der Waals surface area contributed by atoms with E-state index in [9.17, 15) is 23.5 Å². The van der Waals surface area contributed by atoms with Crippen LogP contribution in [-0.4, -0.2) is 92.6 Å². The average Bonchev–Trinajstić information content (AvgIpc) is 3.06. The van der Waals surface area contributed by atoms with Crippen LogP contribution in [0.25, 0.3) is 28.0 Å². The molecule has 12 nitrogen and oxygen atoms in total. The fourth-order valence-corrected chi connectivity index (χ4v) is 6.55. The molecule has 1 aromatic carbocycles. The SMILES string of the molecule is CC(C)c1nccc2c1-n1c(=O)nc(N3CCN(C(=O)OC(C)(C)C)C[C@@H]3C)c3cc(F)c(nc31)-c1c(F)cccc1OCC(O)C2OCC(F)F. The van der Waals surface area contributed by atoms with E-state index in [1.165, 1.54) is 29.3 Å². The summed E-state index contributed by atoms with van der Waals surface area (Å²) in [5, 5.41) is 11.5. The van der Waals surface area contributed by atoms with Crippen molar-refractivity contribution >= 4 is 22.9 Å². The number of anilines is 1. The molecule has 1 saturated heterocycles. The van der Waals surface area contributed by atoms with Gasteiger partial charge in [0.05, 0.1) is 22.3 Å². The summed E-state index contributed by atoms with van der Waals surface area (Å²) in [7, 11) is 0. The molecular formula is C36H40F4N6O6. The van der Waals surface area contributed by atoms with Gasteiger partial charge in [0.1, 0.15) is 54.1 Å². The van der Waals surface area contributed by atoms with Gasteiger partial charge in [-0.3, -0.25) is 4.98 Å². The summed E-state index contributed by atoms with van der Waals surface area (Å²) >= 11 is 0. The van der Waals surface area contributed by atoms with Crippen LogP contribution in [0, 0.1) is 11.6 Å². The summed E-state index contributed by atoms with van der Waals surface area (Å²) in [5.41, 5.74) is -2.20. The van der Waals surface area contributed by atoms with Crippen molar-refractivity contribution in [1.82, 2.24) is 24.4 Å². The maximum Gasteiger partial charge on any atom is 0.410 e. The third-order valence-electron chi connectivity index (χ3n) is 8.79. The molecule has 16 heteroatoms. The van der Waals surface area contributed by atoms with Gasteiger partial charge in [0.2, 0.25) is 0 Å². The second kappa shape index (κ2) is 14.3. The molecule has 1 amide bonds. The summed E-state index contributed by atoms with van der Waals surface area (Å²) in [6, 6.07) is 5.85. The molecule has 2 unspecified atom stereocenters. The van der Waals surface area contributed by atoms with E-state index in [0.717, 1.165) is 16.7 Å². The number of rotatable bonds is 5. The minimum atomic E-state index is -2.91. The monoisotopic (exact) mass is 728 g/mol. The Morgan fingerprint density at radius 3 is 2.54 bits per heavy atom. The van der Waals surface area contributed by atoms with Crippen molar-refractivity contribution in [2.45, 2.75) is 77.7 Å². The number of hydrogen-bond donors (Lipinski definition) is 1. The molecule has 2 aliphatic rings. The summed E-state index contributed by atoms with van der Waals surface area (Å²) < 4.78 is 77.2. The lowest BCUT2D eigenvalue weighted by molar-refractivity contribution is -0.0869. The number of hydrogen-bond acceptors (Lipinski definition) is 10. The standard InChI is InChI=1S/C36H40F4N6O6/c1-18(2)28-30-20(10-11-41-28)31(51-17-26(39)40)24(47)16-50-25-9-7-8-22(37)27(25)29-23(38)14-21-32(43-34(48)46(30)33(21)42-29)45-13-12-44(15-19(45)3)35(49)52-36(4,5)6/h7-11,14,18-19,24,26,31,47H,12-13,15-17H2,1-6H3/t19-,24?,31?/m0/s1. The normalized spacial score (nSPS) is 19.3. The first-order chi connectivity index (χ1) is 24.6. The lowest BCUT2D eigenvalue weighted by atomic mass is 9.97. The van der Waals surface area contributed by atoms with Crippen molar-refractivity contribution in [1.29, 1.82) is 0 Å². The van der Waals surface area contributed by atoms with Crippen LogP contribution in [0.3, 0.4) is 0 Å². The van der Waals surface area contributed by atoms with Crippen molar-refractivity contribution in [3.05, 3.63) is 69.9 Å². The van der Waals surface area contributed by atoms with Crippen molar-refractivity contribution in [2.75, 3.05) is 37.7 Å². The van der Waals surface area contributed by atoms with E-state index in [0.29, 0.717) is 5.69 Å². The highest BCUT2D eigenvalue weighted by molar-refractivity contribution is 5.91. The number of benzene rings is 1. The van der Waals surface area contributed by atoms with Crippen LogP contribution in [0.4, 0.5) is 28.2 Å². The smallest absolute Gasteiger partial charge is 0.410 e. The van der Waals surface area contributed by atoms with Gasteiger partial charge in [0.15, 0.2) is 11.5 Å². The van der Waals surface area contributed by atoms with E-state index in [1.54, 1.807) is 39.5 Å². The van der Waals surface area contributed by atoms with Crippen molar-refractivity contribution in [3.63, 3.8) is 0 Å². The molecule has 0 spiro atoms. The number of pyridine rings is 2. The molecule has 3 aromatic heterocycles. The van der Waals surface area contributed by atoms with Crippen molar-refractivity contribution < 1.29 is 41.7 Å². The number of aliphatic hydroxyl groups excluding tert-OH is 1. The molecule has 0 aliphatic carbocycles. The van der Waals surface area contributed by atoms with Crippen molar-refractivity contribution in [3.8, 4) is 22.7 Å². The number of piperazine rings is 1. The zero-order chi connectivity index (χ0) is 37.6. The second-order valence-electron chi connectivity index (χ2n) is 14.1. The van der Waals surface area contributed by atoms with E-state index in [-0.39, 0.29) is 65.0 Å². The van der Waals surface area contributed by atoms with Gasteiger partial charge in [0.25, 0.3) is 6.43 Å². The first-order valence-electron chi connectivity index (χ1n) is 16.9. The molecule has 0 saturated carbocycles. The average molecular weight is 729 g/mol. The van der Waals surface area contributed by atoms with Gasteiger partial charge in [-0.2, -0.15) is 4.98 Å². The van der Waals surface area contributed by atoms with Crippen LogP contribution >= 0.6 is 0 Å². The molecule has 1 N–H and O–H groups in total. The highest BCUT2D eigenvalue weighted by Crippen LogP contribution is 2.40. The molecule has 6 rings (SSSR count). The lowest BCUT2D eigenvalue weighted by Crippen LogP contribution is -2.55. The zero-order valence-corrected chi connectivity index (χ0v) is 29.6. The number of ether oxygens (including phenoxy) is 3. The van der Waals surface area contributed by atoms with Crippen LogP contribution in [0.15, 0.2) is 41.3 Å². The van der Waals surface area contributed by atoms with Gasteiger partial charge >= 0.3 is 11.8 Å². The Morgan fingerprint density at radius 2 is 1.87 bits per heavy atom. The largest absolute Gasteiger partial charge is 0.490 e.